The molecular weight excluding hydrogens is 144 g/mol. The number of hydrogen-bond donors (Lipinski definition) is 0. The Balaban J connectivity index is 3.39. The maximum absolute atomic E-state index is 11.0. The van der Waals surface area contributed by atoms with E-state index in [0.717, 1.165) is 0 Å². The normalized spacial score (nSPS) is 11.6. The largest absolute Gasteiger partial charge is 0.523 e. The third-order valence-electron chi connectivity index (χ3n) is 0.349. The molecule has 2 nitrogen and oxygen atoms in total. The van der Waals surface area contributed by atoms with E-state index in [2.05, 4.69) is 4.74 Å². The molecule has 0 bridgehead atoms. The molecule has 0 atom stereocenters. The van der Waals surface area contributed by atoms with Crippen molar-refractivity contribution in [2.24, 2.45) is 0 Å². The molecule has 0 heterocycles. The van der Waals surface area contributed by atoms with E-state index >= 15 is 0 Å². The van der Waals surface area contributed by atoms with E-state index in [4.69, 9.17) is 0 Å². The summed E-state index contributed by atoms with van der Waals surface area (Å²) >= 11 is 0. The fourth-order valence-corrected chi connectivity index (χ4v) is 0.139. The number of halogens is 4. The Kier molecular flexibility index (Phi) is 2.57. The number of rotatable bonds is 2. The predicted octanol–water partition coefficient (Wildman–Crippen LogP) is 1.02. The standard InChI is InChI=1S/C3H2F4O2/c4-2(8)1-9-3(5,6)7/h1H2. The first-order valence-corrected chi connectivity index (χ1v) is 1.81. The molecule has 0 rings (SSSR count). The maximum Gasteiger partial charge on any atom is 0.523 e. The monoisotopic (exact) mass is 146 g/mol. The quantitative estimate of drug-likeness (QED) is 0.429. The molecule has 0 saturated carbocycles. The van der Waals surface area contributed by atoms with Crippen molar-refractivity contribution in [1.82, 2.24) is 0 Å². The van der Waals surface area contributed by atoms with E-state index in [1.54, 1.807) is 0 Å². The van der Waals surface area contributed by atoms with Gasteiger partial charge in [0.2, 0.25) is 0 Å². The Morgan fingerprint density at radius 1 is 1.44 bits per heavy atom. The van der Waals surface area contributed by atoms with Crippen molar-refractivity contribution in [2.75, 3.05) is 6.61 Å². The van der Waals surface area contributed by atoms with Crippen LogP contribution in [0.25, 0.3) is 0 Å². The lowest BCUT2D eigenvalue weighted by Gasteiger charge is -2.01. The molecule has 9 heavy (non-hydrogen) atoms. The van der Waals surface area contributed by atoms with Crippen LogP contribution in [-0.4, -0.2) is 19.0 Å². The number of ether oxygens (including phenoxy) is 1. The molecule has 0 radical (unpaired) electrons. The summed E-state index contributed by atoms with van der Waals surface area (Å²) in [6.07, 6.45) is -4.93. The first-order chi connectivity index (χ1) is 3.92. The summed E-state index contributed by atoms with van der Waals surface area (Å²) in [5, 5.41) is 0. The summed E-state index contributed by atoms with van der Waals surface area (Å²) in [4.78, 5) is 9.20. The number of carbonyl (C=O) groups excluding carboxylic acids is 1. The van der Waals surface area contributed by atoms with Gasteiger partial charge in [-0.2, -0.15) is 4.39 Å². The first kappa shape index (κ1) is 8.35. The van der Waals surface area contributed by atoms with Gasteiger partial charge in [-0.15, -0.1) is 13.2 Å². The van der Waals surface area contributed by atoms with Crippen molar-refractivity contribution in [3.05, 3.63) is 0 Å². The zero-order valence-corrected chi connectivity index (χ0v) is 4.04. The lowest BCUT2D eigenvalue weighted by atomic mass is 10.8. The van der Waals surface area contributed by atoms with Gasteiger partial charge >= 0.3 is 12.4 Å². The molecule has 0 aromatic rings. The lowest BCUT2D eigenvalue weighted by molar-refractivity contribution is -0.321. The highest BCUT2D eigenvalue weighted by molar-refractivity contribution is 5.69. The second kappa shape index (κ2) is 2.77. The second-order valence-electron chi connectivity index (χ2n) is 1.09. The van der Waals surface area contributed by atoms with Crippen LogP contribution in [0.15, 0.2) is 0 Å². The van der Waals surface area contributed by atoms with Crippen molar-refractivity contribution in [3.63, 3.8) is 0 Å². The van der Waals surface area contributed by atoms with Crippen molar-refractivity contribution in [3.8, 4) is 0 Å². The molecule has 0 aliphatic carbocycles. The van der Waals surface area contributed by atoms with Gasteiger partial charge in [-0.05, 0) is 0 Å². The van der Waals surface area contributed by atoms with Crippen LogP contribution in [0.1, 0.15) is 0 Å². The Morgan fingerprint density at radius 2 is 1.89 bits per heavy atom. The fourth-order valence-electron chi connectivity index (χ4n) is 0.139. The molecule has 0 N–H and O–H groups in total. The molecule has 0 aromatic carbocycles. The Morgan fingerprint density at radius 3 is 2.00 bits per heavy atom. The van der Waals surface area contributed by atoms with Crippen LogP contribution in [0.2, 0.25) is 0 Å². The van der Waals surface area contributed by atoms with Gasteiger partial charge in [-0.3, -0.25) is 9.53 Å². The zero-order chi connectivity index (χ0) is 7.49. The average Bonchev–Trinajstić information content (AvgIpc) is 1.59. The third-order valence-corrected chi connectivity index (χ3v) is 0.349. The Hall–Kier alpha value is -0.650. The smallest absolute Gasteiger partial charge is 0.281 e. The Bertz CT molecular complexity index is 107. The van der Waals surface area contributed by atoms with E-state index in [0.29, 0.717) is 0 Å². The van der Waals surface area contributed by atoms with E-state index < -0.39 is 19.0 Å². The number of alkyl halides is 3. The summed E-state index contributed by atoms with van der Waals surface area (Å²) in [6, 6.07) is -2.15. The molecule has 54 valence electrons. The van der Waals surface area contributed by atoms with Gasteiger partial charge in [0.05, 0.1) is 0 Å². The van der Waals surface area contributed by atoms with Gasteiger partial charge in [0.25, 0.3) is 0 Å². The van der Waals surface area contributed by atoms with Gasteiger partial charge < -0.3 is 0 Å². The van der Waals surface area contributed by atoms with Crippen LogP contribution >= 0.6 is 0 Å². The summed E-state index contributed by atoms with van der Waals surface area (Å²) in [6.45, 7) is -1.57. The Labute approximate surface area is 47.4 Å². The van der Waals surface area contributed by atoms with Crippen LogP contribution in [-0.2, 0) is 9.53 Å². The van der Waals surface area contributed by atoms with Crippen LogP contribution in [0.5, 0.6) is 0 Å². The zero-order valence-electron chi connectivity index (χ0n) is 4.04. The minimum atomic E-state index is -4.93. The van der Waals surface area contributed by atoms with Crippen molar-refractivity contribution < 1.29 is 27.1 Å². The summed E-state index contributed by atoms with van der Waals surface area (Å²) in [7, 11) is 0. The highest BCUT2D eigenvalue weighted by Crippen LogP contribution is 2.15. The van der Waals surface area contributed by atoms with Crippen LogP contribution in [0, 0.1) is 0 Å². The molecule has 0 unspecified atom stereocenters. The summed E-state index contributed by atoms with van der Waals surface area (Å²) in [5.41, 5.74) is 0. The van der Waals surface area contributed by atoms with Crippen LogP contribution in [0.4, 0.5) is 17.6 Å². The lowest BCUT2D eigenvalue weighted by Crippen LogP contribution is -2.17. The number of hydrogen-bond acceptors (Lipinski definition) is 2. The molecule has 0 aliphatic heterocycles. The number of carbonyl (C=O) groups is 1. The molecule has 0 aromatic heterocycles. The van der Waals surface area contributed by atoms with Crippen LogP contribution < -0.4 is 0 Å². The molecular formula is C3H2F4O2. The summed E-state index contributed by atoms with van der Waals surface area (Å²) < 4.78 is 46.4. The molecule has 0 saturated heterocycles. The minimum Gasteiger partial charge on any atom is -0.281 e. The topological polar surface area (TPSA) is 26.3 Å². The third kappa shape index (κ3) is 7.35. The predicted molar refractivity (Wildman–Crippen MR) is 18.1 cm³/mol. The van der Waals surface area contributed by atoms with E-state index in [9.17, 15) is 22.4 Å². The van der Waals surface area contributed by atoms with Crippen molar-refractivity contribution >= 4 is 6.04 Å². The highest BCUT2D eigenvalue weighted by atomic mass is 19.4. The maximum atomic E-state index is 11.0. The van der Waals surface area contributed by atoms with Gasteiger partial charge in [0.15, 0.2) is 0 Å². The molecule has 6 heteroatoms. The van der Waals surface area contributed by atoms with Gasteiger partial charge in [-0.25, -0.2) is 0 Å². The van der Waals surface area contributed by atoms with Gasteiger partial charge in [0, 0.05) is 0 Å². The van der Waals surface area contributed by atoms with Crippen LogP contribution in [0.3, 0.4) is 0 Å². The van der Waals surface area contributed by atoms with Gasteiger partial charge in [0.1, 0.15) is 6.61 Å². The van der Waals surface area contributed by atoms with Gasteiger partial charge in [-0.1, -0.05) is 0 Å². The molecule has 0 aliphatic rings. The molecule has 0 spiro atoms. The first-order valence-electron chi connectivity index (χ1n) is 1.81. The fraction of sp³-hybridized carbons (Fsp3) is 0.667. The van der Waals surface area contributed by atoms with E-state index in [1.807, 2.05) is 0 Å². The second-order valence-corrected chi connectivity index (χ2v) is 1.09. The highest BCUT2D eigenvalue weighted by Gasteiger charge is 2.29. The molecule has 0 amide bonds. The minimum absolute atomic E-state index is 1.57. The molecule has 0 fully saturated rings. The van der Waals surface area contributed by atoms with E-state index in [-0.39, 0.29) is 0 Å². The average molecular weight is 146 g/mol. The van der Waals surface area contributed by atoms with Crippen molar-refractivity contribution in [1.29, 1.82) is 0 Å². The van der Waals surface area contributed by atoms with Crippen molar-refractivity contribution in [2.45, 2.75) is 6.36 Å². The SMILES string of the molecule is O=C(F)COC(F)(F)F. The summed E-state index contributed by atoms with van der Waals surface area (Å²) in [5.74, 6) is 0. The van der Waals surface area contributed by atoms with E-state index in [1.165, 1.54) is 0 Å².